The molecule has 0 aliphatic rings. The Morgan fingerprint density at radius 3 is 2.86 bits per heavy atom. The molecule has 0 atom stereocenters. The molecule has 0 spiro atoms. The van der Waals surface area contributed by atoms with Crippen LogP contribution in [0.2, 0.25) is 0 Å². The molecule has 0 fully saturated rings. The van der Waals surface area contributed by atoms with Gasteiger partial charge in [0.2, 0.25) is 0 Å². The highest BCUT2D eigenvalue weighted by atomic mass is 79.9. The third-order valence-corrected chi connectivity index (χ3v) is 3.63. The van der Waals surface area contributed by atoms with Crippen LogP contribution in [0.5, 0.6) is 0 Å². The van der Waals surface area contributed by atoms with Gasteiger partial charge in [-0.05, 0) is 40.9 Å². The van der Waals surface area contributed by atoms with Crippen LogP contribution in [0.15, 0.2) is 29.1 Å². The van der Waals surface area contributed by atoms with Crippen LogP contribution in [-0.2, 0) is 13.0 Å². The molecule has 2 heterocycles. The van der Waals surface area contributed by atoms with E-state index in [2.05, 4.69) is 62.6 Å². The van der Waals surface area contributed by atoms with Crippen LogP contribution >= 0.6 is 15.9 Å². The molecule has 0 saturated carbocycles. The van der Waals surface area contributed by atoms with Crippen LogP contribution in [0.1, 0.15) is 38.6 Å². The van der Waals surface area contributed by atoms with Gasteiger partial charge < -0.3 is 5.32 Å². The fraction of sp³-hybridized carbons (Fsp3) is 0.500. The normalized spacial score (nSPS) is 11.3. The number of aryl methyl sites for hydroxylation is 1. The summed E-state index contributed by atoms with van der Waals surface area (Å²) in [6.07, 6.45) is 7.72. The maximum Gasteiger partial charge on any atom is 0.142 e. The summed E-state index contributed by atoms with van der Waals surface area (Å²) < 4.78 is 3.10. The molecular formula is C16H23BrN4. The van der Waals surface area contributed by atoms with Crippen LogP contribution in [0.25, 0.3) is 5.82 Å². The van der Waals surface area contributed by atoms with Gasteiger partial charge in [-0.2, -0.15) is 0 Å². The van der Waals surface area contributed by atoms with Gasteiger partial charge in [-0.15, -0.1) is 0 Å². The van der Waals surface area contributed by atoms with E-state index in [0.29, 0.717) is 5.92 Å². The molecule has 2 aromatic heterocycles. The second-order valence-corrected chi connectivity index (χ2v) is 6.54. The van der Waals surface area contributed by atoms with Crippen molar-refractivity contribution in [3.05, 3.63) is 40.5 Å². The molecule has 0 bridgehead atoms. The Labute approximate surface area is 135 Å². The third-order valence-electron chi connectivity index (χ3n) is 3.20. The Kier molecular flexibility index (Phi) is 5.94. The van der Waals surface area contributed by atoms with Crippen molar-refractivity contribution in [2.24, 2.45) is 5.92 Å². The number of aromatic nitrogens is 3. The molecule has 0 unspecified atom stereocenters. The summed E-state index contributed by atoms with van der Waals surface area (Å²) in [6.45, 7) is 8.39. The molecular weight excluding hydrogens is 328 g/mol. The first-order valence-corrected chi connectivity index (χ1v) is 8.28. The molecule has 0 aliphatic heterocycles. The third kappa shape index (κ3) is 4.38. The summed E-state index contributed by atoms with van der Waals surface area (Å²) in [7, 11) is 0. The lowest BCUT2D eigenvalue weighted by Crippen LogP contribution is -2.20. The van der Waals surface area contributed by atoms with Crippen LogP contribution in [0.4, 0.5) is 0 Å². The summed E-state index contributed by atoms with van der Waals surface area (Å²) in [6, 6.07) is 2.13. The monoisotopic (exact) mass is 350 g/mol. The molecule has 21 heavy (non-hydrogen) atoms. The van der Waals surface area contributed by atoms with Gasteiger partial charge in [0.25, 0.3) is 0 Å². The highest BCUT2D eigenvalue weighted by Gasteiger charge is 2.11. The van der Waals surface area contributed by atoms with Crippen LogP contribution in [0, 0.1) is 5.92 Å². The number of nitrogens with zero attached hydrogens (tertiary/aromatic N) is 3. The maximum atomic E-state index is 4.60. The standard InChI is InChI=1S/C16H23BrN4/c1-4-5-15-19-6-7-21(15)16-13(8-14(17)11-20-16)10-18-9-12(2)3/h6-8,11-12,18H,4-5,9-10H2,1-3H3. The van der Waals surface area contributed by atoms with E-state index in [4.69, 9.17) is 0 Å². The molecule has 4 nitrogen and oxygen atoms in total. The summed E-state index contributed by atoms with van der Waals surface area (Å²) in [5, 5.41) is 3.49. The smallest absolute Gasteiger partial charge is 0.142 e. The molecule has 0 radical (unpaired) electrons. The van der Waals surface area contributed by atoms with Gasteiger partial charge in [0, 0.05) is 41.6 Å². The van der Waals surface area contributed by atoms with Gasteiger partial charge in [0.05, 0.1) is 0 Å². The quantitative estimate of drug-likeness (QED) is 0.827. The zero-order chi connectivity index (χ0) is 15.2. The number of halogens is 1. The van der Waals surface area contributed by atoms with E-state index in [1.165, 1.54) is 5.56 Å². The number of nitrogens with one attached hydrogen (secondary N) is 1. The number of hydrogen-bond donors (Lipinski definition) is 1. The first kappa shape index (κ1) is 16.2. The Balaban J connectivity index is 2.27. The van der Waals surface area contributed by atoms with Crippen molar-refractivity contribution < 1.29 is 0 Å². The van der Waals surface area contributed by atoms with E-state index in [0.717, 1.165) is 42.0 Å². The highest BCUT2D eigenvalue weighted by Crippen LogP contribution is 2.19. The van der Waals surface area contributed by atoms with Crippen molar-refractivity contribution in [2.75, 3.05) is 6.54 Å². The van der Waals surface area contributed by atoms with E-state index in [-0.39, 0.29) is 0 Å². The van der Waals surface area contributed by atoms with Crippen molar-refractivity contribution in [2.45, 2.75) is 40.2 Å². The minimum atomic E-state index is 0.637. The van der Waals surface area contributed by atoms with E-state index < -0.39 is 0 Å². The second-order valence-electron chi connectivity index (χ2n) is 5.62. The van der Waals surface area contributed by atoms with Gasteiger partial charge >= 0.3 is 0 Å². The summed E-state index contributed by atoms with van der Waals surface area (Å²) in [5.74, 6) is 2.67. The Morgan fingerprint density at radius 1 is 1.33 bits per heavy atom. The van der Waals surface area contributed by atoms with Crippen LogP contribution < -0.4 is 5.32 Å². The van der Waals surface area contributed by atoms with Gasteiger partial charge in [-0.1, -0.05) is 20.8 Å². The van der Waals surface area contributed by atoms with Crippen molar-refractivity contribution in [1.29, 1.82) is 0 Å². The number of imidazole rings is 1. The molecule has 0 amide bonds. The first-order valence-electron chi connectivity index (χ1n) is 7.49. The molecule has 2 aromatic rings. The largest absolute Gasteiger partial charge is 0.312 e. The van der Waals surface area contributed by atoms with Crippen LogP contribution in [-0.4, -0.2) is 21.1 Å². The molecule has 0 aliphatic carbocycles. The van der Waals surface area contributed by atoms with Crippen molar-refractivity contribution in [3.8, 4) is 5.82 Å². The lowest BCUT2D eigenvalue weighted by Gasteiger charge is -2.14. The maximum absolute atomic E-state index is 4.60. The van der Waals surface area contributed by atoms with Gasteiger partial charge in [-0.3, -0.25) is 4.57 Å². The predicted molar refractivity (Wildman–Crippen MR) is 89.6 cm³/mol. The average molecular weight is 351 g/mol. The molecule has 114 valence electrons. The van der Waals surface area contributed by atoms with E-state index >= 15 is 0 Å². The topological polar surface area (TPSA) is 42.7 Å². The minimum Gasteiger partial charge on any atom is -0.312 e. The number of rotatable bonds is 7. The zero-order valence-electron chi connectivity index (χ0n) is 12.9. The summed E-state index contributed by atoms with van der Waals surface area (Å²) in [4.78, 5) is 9.04. The van der Waals surface area contributed by atoms with E-state index in [9.17, 15) is 0 Å². The Morgan fingerprint density at radius 2 is 2.14 bits per heavy atom. The minimum absolute atomic E-state index is 0.637. The average Bonchev–Trinajstić information content (AvgIpc) is 2.87. The molecule has 1 N–H and O–H groups in total. The fourth-order valence-corrected chi connectivity index (χ4v) is 2.63. The number of pyridine rings is 1. The lowest BCUT2D eigenvalue weighted by molar-refractivity contribution is 0.550. The Bertz CT molecular complexity index is 577. The van der Waals surface area contributed by atoms with Gasteiger partial charge in [0.15, 0.2) is 0 Å². The Hall–Kier alpha value is -1.20. The fourth-order valence-electron chi connectivity index (χ4n) is 2.25. The zero-order valence-corrected chi connectivity index (χ0v) is 14.5. The molecule has 0 aromatic carbocycles. The summed E-state index contributed by atoms with van der Waals surface area (Å²) >= 11 is 3.51. The van der Waals surface area contributed by atoms with E-state index in [1.54, 1.807) is 0 Å². The van der Waals surface area contributed by atoms with Crippen molar-refractivity contribution in [1.82, 2.24) is 19.9 Å². The summed E-state index contributed by atoms with van der Waals surface area (Å²) in [5.41, 5.74) is 1.18. The molecule has 2 rings (SSSR count). The van der Waals surface area contributed by atoms with Crippen molar-refractivity contribution in [3.63, 3.8) is 0 Å². The van der Waals surface area contributed by atoms with E-state index in [1.807, 2.05) is 18.6 Å². The molecule has 0 saturated heterocycles. The van der Waals surface area contributed by atoms with Crippen molar-refractivity contribution >= 4 is 15.9 Å². The second kappa shape index (κ2) is 7.71. The molecule has 5 heteroatoms. The first-order chi connectivity index (χ1) is 10.1. The lowest BCUT2D eigenvalue weighted by atomic mass is 10.2. The predicted octanol–water partition coefficient (Wildman–Crippen LogP) is 3.73. The SMILES string of the molecule is CCCc1nccn1-c1ncc(Br)cc1CNCC(C)C. The van der Waals surface area contributed by atoms with Gasteiger partial charge in [0.1, 0.15) is 11.6 Å². The van der Waals surface area contributed by atoms with Gasteiger partial charge in [-0.25, -0.2) is 9.97 Å². The number of hydrogen-bond acceptors (Lipinski definition) is 3. The van der Waals surface area contributed by atoms with Crippen LogP contribution in [0.3, 0.4) is 0 Å². The highest BCUT2D eigenvalue weighted by molar-refractivity contribution is 9.10.